The first-order chi connectivity index (χ1) is 32.8. The summed E-state index contributed by atoms with van der Waals surface area (Å²) in [6.45, 7) is 3.83. The molecule has 9 nitrogen and oxygen atoms in total. The van der Waals surface area contributed by atoms with Gasteiger partial charge in [-0.2, -0.15) is 0 Å². The van der Waals surface area contributed by atoms with Gasteiger partial charge in [-0.3, -0.25) is 4.79 Å². The van der Waals surface area contributed by atoms with Crippen LogP contribution in [0.4, 0.5) is 0 Å². The smallest absolute Gasteiger partial charge is 0.220 e. The summed E-state index contributed by atoms with van der Waals surface area (Å²) in [5, 5.41) is 54.5. The topological polar surface area (TPSA) is 149 Å². The Labute approximate surface area is 412 Å². The summed E-state index contributed by atoms with van der Waals surface area (Å²) in [6.07, 6.45) is 54.8. The van der Waals surface area contributed by atoms with Crippen molar-refractivity contribution < 1.29 is 39.8 Å². The van der Waals surface area contributed by atoms with Crippen molar-refractivity contribution in [1.82, 2.24) is 5.32 Å². The van der Waals surface area contributed by atoms with E-state index in [1.807, 2.05) is 0 Å². The van der Waals surface area contributed by atoms with Crippen LogP contribution in [-0.4, -0.2) is 87.5 Å². The largest absolute Gasteiger partial charge is 0.394 e. The highest BCUT2D eigenvalue weighted by Gasteiger charge is 2.44. The number of hydrogen-bond acceptors (Lipinski definition) is 8. The molecule has 1 aliphatic rings. The van der Waals surface area contributed by atoms with Gasteiger partial charge in [-0.1, -0.05) is 249 Å². The van der Waals surface area contributed by atoms with E-state index in [0.29, 0.717) is 12.8 Å². The fourth-order valence-corrected chi connectivity index (χ4v) is 9.17. The van der Waals surface area contributed by atoms with Crippen molar-refractivity contribution in [3.8, 4) is 0 Å². The number of aliphatic hydroxyl groups excluding tert-OH is 5. The van der Waals surface area contributed by atoms with E-state index in [-0.39, 0.29) is 12.5 Å². The van der Waals surface area contributed by atoms with Crippen LogP contribution >= 0.6 is 0 Å². The van der Waals surface area contributed by atoms with Crippen molar-refractivity contribution in [2.75, 3.05) is 13.2 Å². The number of carbonyl (C=O) groups is 1. The molecule has 1 amide bonds. The molecule has 0 aromatic rings. The average Bonchev–Trinajstić information content (AvgIpc) is 3.33. The molecule has 9 heteroatoms. The molecule has 1 rings (SSSR count). The van der Waals surface area contributed by atoms with Gasteiger partial charge >= 0.3 is 0 Å². The minimum Gasteiger partial charge on any atom is -0.394 e. The normalized spacial score (nSPS) is 19.9. The van der Waals surface area contributed by atoms with E-state index >= 15 is 0 Å². The molecule has 0 aromatic heterocycles. The second kappa shape index (κ2) is 48.1. The summed E-state index contributed by atoms with van der Waals surface area (Å²) in [5.41, 5.74) is 0. The second-order valence-corrected chi connectivity index (χ2v) is 20.1. The van der Waals surface area contributed by atoms with Crippen LogP contribution in [0.2, 0.25) is 0 Å². The number of ether oxygens (including phenoxy) is 2. The summed E-state index contributed by atoms with van der Waals surface area (Å²) in [4.78, 5) is 13.0. The molecule has 0 bridgehead atoms. The lowest BCUT2D eigenvalue weighted by atomic mass is 9.99. The molecule has 6 N–H and O–H groups in total. The Balaban J connectivity index is 2.08. The quantitative estimate of drug-likeness (QED) is 0.0261. The van der Waals surface area contributed by atoms with E-state index in [1.54, 1.807) is 0 Å². The van der Waals surface area contributed by atoms with Crippen molar-refractivity contribution >= 4 is 5.91 Å². The molecule has 1 fully saturated rings. The van der Waals surface area contributed by atoms with Gasteiger partial charge in [0.1, 0.15) is 24.4 Å². The van der Waals surface area contributed by atoms with Crippen molar-refractivity contribution in [2.24, 2.45) is 0 Å². The summed E-state index contributed by atoms with van der Waals surface area (Å²) in [5.74, 6) is -0.143. The summed E-state index contributed by atoms with van der Waals surface area (Å²) < 4.78 is 11.3. The van der Waals surface area contributed by atoms with E-state index in [9.17, 15) is 30.3 Å². The van der Waals surface area contributed by atoms with E-state index < -0.39 is 49.5 Å². The molecule has 0 aromatic carbocycles. The monoisotopic (exact) mass is 948 g/mol. The first-order valence-corrected chi connectivity index (χ1v) is 28.7. The maximum Gasteiger partial charge on any atom is 0.220 e. The van der Waals surface area contributed by atoms with Crippen LogP contribution in [0.15, 0.2) is 36.5 Å². The molecular formula is C58H109NO8. The Bertz CT molecular complexity index is 1150. The van der Waals surface area contributed by atoms with Crippen LogP contribution in [0.3, 0.4) is 0 Å². The number of aliphatic hydroxyl groups is 5. The molecular weight excluding hydrogens is 839 g/mol. The molecule has 1 heterocycles. The zero-order chi connectivity index (χ0) is 48.7. The number of nitrogens with one attached hydrogen (secondary N) is 1. The highest BCUT2D eigenvalue weighted by Crippen LogP contribution is 2.23. The number of rotatable bonds is 49. The zero-order valence-corrected chi connectivity index (χ0v) is 43.7. The van der Waals surface area contributed by atoms with Crippen molar-refractivity contribution in [1.29, 1.82) is 0 Å². The van der Waals surface area contributed by atoms with Gasteiger partial charge in [0.15, 0.2) is 6.29 Å². The van der Waals surface area contributed by atoms with Gasteiger partial charge in [0.2, 0.25) is 5.91 Å². The number of carbonyl (C=O) groups excluding carboxylic acids is 1. The van der Waals surface area contributed by atoms with Crippen LogP contribution in [0.25, 0.3) is 0 Å². The van der Waals surface area contributed by atoms with Gasteiger partial charge in [0, 0.05) is 6.42 Å². The Hall–Kier alpha value is -1.59. The van der Waals surface area contributed by atoms with Gasteiger partial charge < -0.3 is 40.3 Å². The molecule has 7 atom stereocenters. The van der Waals surface area contributed by atoms with Crippen molar-refractivity contribution in [3.63, 3.8) is 0 Å². The lowest BCUT2D eigenvalue weighted by molar-refractivity contribution is -0.302. The van der Waals surface area contributed by atoms with Gasteiger partial charge in [0.05, 0.1) is 25.4 Å². The second-order valence-electron chi connectivity index (χ2n) is 20.1. The third-order valence-electron chi connectivity index (χ3n) is 13.7. The summed E-state index contributed by atoms with van der Waals surface area (Å²) in [7, 11) is 0. The first-order valence-electron chi connectivity index (χ1n) is 28.7. The molecule has 0 saturated carbocycles. The fraction of sp³-hybridized carbons (Fsp3) is 0.879. The lowest BCUT2D eigenvalue weighted by Crippen LogP contribution is -2.60. The van der Waals surface area contributed by atoms with Crippen molar-refractivity contribution in [3.05, 3.63) is 36.5 Å². The minimum absolute atomic E-state index is 0.135. The molecule has 67 heavy (non-hydrogen) atoms. The van der Waals surface area contributed by atoms with Gasteiger partial charge in [0.25, 0.3) is 0 Å². The van der Waals surface area contributed by atoms with E-state index in [0.717, 1.165) is 51.4 Å². The predicted molar refractivity (Wildman–Crippen MR) is 281 cm³/mol. The first kappa shape index (κ1) is 63.4. The summed E-state index contributed by atoms with van der Waals surface area (Å²) >= 11 is 0. The fourth-order valence-electron chi connectivity index (χ4n) is 9.17. The summed E-state index contributed by atoms with van der Waals surface area (Å²) in [6, 6.07) is -0.716. The maximum absolute atomic E-state index is 13.0. The third-order valence-corrected chi connectivity index (χ3v) is 13.7. The van der Waals surface area contributed by atoms with Gasteiger partial charge in [-0.15, -0.1) is 0 Å². The minimum atomic E-state index is -1.55. The van der Waals surface area contributed by atoms with E-state index in [4.69, 9.17) is 9.47 Å². The van der Waals surface area contributed by atoms with Crippen LogP contribution < -0.4 is 5.32 Å². The van der Waals surface area contributed by atoms with Crippen LogP contribution in [0, 0.1) is 0 Å². The molecule has 394 valence electrons. The van der Waals surface area contributed by atoms with E-state index in [2.05, 4.69) is 55.6 Å². The molecule has 7 unspecified atom stereocenters. The average molecular weight is 949 g/mol. The highest BCUT2D eigenvalue weighted by atomic mass is 16.7. The molecule has 1 saturated heterocycles. The number of amides is 1. The molecule has 0 spiro atoms. The van der Waals surface area contributed by atoms with E-state index in [1.165, 1.54) is 193 Å². The number of hydrogen-bond donors (Lipinski definition) is 6. The van der Waals surface area contributed by atoms with Crippen LogP contribution in [0.5, 0.6) is 0 Å². The number of unbranched alkanes of at least 4 members (excludes halogenated alkanes) is 33. The van der Waals surface area contributed by atoms with Gasteiger partial charge in [-0.25, -0.2) is 0 Å². The maximum atomic E-state index is 13.0. The molecule has 1 aliphatic heterocycles. The van der Waals surface area contributed by atoms with Gasteiger partial charge in [-0.05, 0) is 51.4 Å². The Morgan fingerprint density at radius 1 is 0.507 bits per heavy atom. The standard InChI is InChI=1S/C58H109NO8/c1-3-5-7-9-11-13-15-16-17-18-19-20-21-22-23-24-25-26-27-28-29-30-31-32-33-34-35-36-38-40-42-44-46-48-54(62)59-51(50-66-58-57(65)56(64)55(63)53(49-60)67-58)52(61)47-45-43-41-39-37-14-12-10-8-6-4-2/h15-16,18-19,21-22,51-53,55-58,60-61,63-65H,3-14,17,20,23-50H2,1-2H3,(H,59,62)/b16-15-,19-18-,22-21-. The lowest BCUT2D eigenvalue weighted by Gasteiger charge is -2.40. The Morgan fingerprint density at radius 3 is 1.30 bits per heavy atom. The third kappa shape index (κ3) is 37.9. The molecule has 0 radical (unpaired) electrons. The molecule has 0 aliphatic carbocycles. The van der Waals surface area contributed by atoms with Crippen molar-refractivity contribution in [2.45, 2.75) is 314 Å². The predicted octanol–water partition coefficient (Wildman–Crippen LogP) is 14.0. The van der Waals surface area contributed by atoms with Crippen LogP contribution in [-0.2, 0) is 14.3 Å². The Kier molecular flexibility index (Phi) is 45.5. The SMILES string of the molecule is CCCCCCC/C=C\C/C=C\C/C=C\CCCCCCCCCCCCCCCCCCCCC(=O)NC(COC1OC(CO)C(O)C(O)C1O)C(O)CCCCCCCCCCCCC. The zero-order valence-electron chi connectivity index (χ0n) is 43.7. The van der Waals surface area contributed by atoms with Crippen LogP contribution in [0.1, 0.15) is 271 Å². The highest BCUT2D eigenvalue weighted by molar-refractivity contribution is 5.76. The Morgan fingerprint density at radius 2 is 0.881 bits per heavy atom. The number of allylic oxidation sites excluding steroid dienone is 6.